The number of pyridine rings is 1. The van der Waals surface area contributed by atoms with Crippen molar-refractivity contribution in [1.82, 2.24) is 15.0 Å². The highest BCUT2D eigenvalue weighted by molar-refractivity contribution is 7.99. The molecule has 1 N–H and O–H groups in total. The number of nitrogens with one attached hydrogen (secondary N) is 1. The number of rotatable bonds is 5. The van der Waals surface area contributed by atoms with Gasteiger partial charge in [0, 0.05) is 11.8 Å². The highest BCUT2D eigenvalue weighted by atomic mass is 32.2. The van der Waals surface area contributed by atoms with Crippen LogP contribution in [0.3, 0.4) is 0 Å². The molecule has 3 rings (SSSR count). The van der Waals surface area contributed by atoms with Crippen LogP contribution >= 0.6 is 11.8 Å². The molecule has 0 fully saturated rings. The normalized spacial score (nSPS) is 10.7. The van der Waals surface area contributed by atoms with Crippen molar-refractivity contribution >= 4 is 28.7 Å². The molecule has 0 spiro atoms. The van der Waals surface area contributed by atoms with Gasteiger partial charge >= 0.3 is 0 Å². The molecule has 6 heteroatoms. The maximum absolute atomic E-state index is 12.1. The number of H-pyrrole nitrogens is 1. The van der Waals surface area contributed by atoms with E-state index in [0.717, 1.165) is 11.3 Å². The van der Waals surface area contributed by atoms with E-state index < -0.39 is 0 Å². The number of thioether (sulfide) groups is 1. The average Bonchev–Trinajstić information content (AvgIpc) is 2.95. The fraction of sp³-hybridized carbons (Fsp3) is 0.133. The number of methoxy groups -OCH3 is 1. The quantitative estimate of drug-likeness (QED) is 0.579. The van der Waals surface area contributed by atoms with E-state index in [0.29, 0.717) is 22.1 Å². The Hall–Kier alpha value is -2.34. The molecule has 0 aliphatic carbocycles. The van der Waals surface area contributed by atoms with E-state index in [-0.39, 0.29) is 5.78 Å². The first-order valence-corrected chi connectivity index (χ1v) is 7.35. The zero-order valence-corrected chi connectivity index (χ0v) is 12.2. The Labute approximate surface area is 125 Å². The third-order valence-electron chi connectivity index (χ3n) is 2.99. The molecule has 0 unspecified atom stereocenters. The minimum absolute atomic E-state index is 0.0519. The summed E-state index contributed by atoms with van der Waals surface area (Å²) in [6, 6.07) is 10.8. The molecule has 0 aliphatic rings. The summed E-state index contributed by atoms with van der Waals surface area (Å²) in [7, 11) is 1.60. The fourth-order valence-corrected chi connectivity index (χ4v) is 2.65. The largest absolute Gasteiger partial charge is 0.497 e. The van der Waals surface area contributed by atoms with Gasteiger partial charge in [-0.1, -0.05) is 11.8 Å². The van der Waals surface area contributed by atoms with Crippen molar-refractivity contribution in [2.45, 2.75) is 5.16 Å². The molecule has 2 heterocycles. The maximum Gasteiger partial charge on any atom is 0.178 e. The van der Waals surface area contributed by atoms with E-state index >= 15 is 0 Å². The van der Waals surface area contributed by atoms with Crippen molar-refractivity contribution in [2.24, 2.45) is 0 Å². The smallest absolute Gasteiger partial charge is 0.178 e. The minimum atomic E-state index is 0.0519. The summed E-state index contributed by atoms with van der Waals surface area (Å²) < 4.78 is 5.07. The van der Waals surface area contributed by atoms with Crippen LogP contribution < -0.4 is 4.74 Å². The summed E-state index contributed by atoms with van der Waals surface area (Å²) in [5.74, 6) is 1.12. The number of ketones is 1. The van der Waals surface area contributed by atoms with E-state index in [1.54, 1.807) is 37.6 Å². The number of imidazole rings is 1. The lowest BCUT2D eigenvalue weighted by Gasteiger charge is -2.02. The summed E-state index contributed by atoms with van der Waals surface area (Å²) in [5, 5.41) is 0.700. The predicted molar refractivity (Wildman–Crippen MR) is 81.9 cm³/mol. The minimum Gasteiger partial charge on any atom is -0.497 e. The van der Waals surface area contributed by atoms with Gasteiger partial charge in [0.25, 0.3) is 0 Å². The van der Waals surface area contributed by atoms with E-state index in [4.69, 9.17) is 4.74 Å². The number of fused-ring (bicyclic) bond motifs is 1. The van der Waals surface area contributed by atoms with Crippen LogP contribution in [-0.2, 0) is 0 Å². The number of Topliss-reactive ketones (excluding diaryl/α,β-unsaturated/α-hetero) is 1. The molecule has 0 radical (unpaired) electrons. The average molecular weight is 299 g/mol. The highest BCUT2D eigenvalue weighted by Crippen LogP contribution is 2.20. The van der Waals surface area contributed by atoms with Gasteiger partial charge in [-0.05, 0) is 36.4 Å². The van der Waals surface area contributed by atoms with Crippen LogP contribution in [-0.4, -0.2) is 33.6 Å². The number of hydrogen-bond acceptors (Lipinski definition) is 5. The lowest BCUT2D eigenvalue weighted by Crippen LogP contribution is -2.02. The third-order valence-corrected chi connectivity index (χ3v) is 3.86. The van der Waals surface area contributed by atoms with Crippen LogP contribution in [0.2, 0.25) is 0 Å². The Bertz CT molecular complexity index is 735. The number of carbonyl (C=O) groups excluding carboxylic acids is 1. The number of carbonyl (C=O) groups is 1. The molecular weight excluding hydrogens is 286 g/mol. The van der Waals surface area contributed by atoms with Crippen molar-refractivity contribution in [3.05, 3.63) is 48.2 Å². The Balaban J connectivity index is 1.67. The van der Waals surface area contributed by atoms with Gasteiger partial charge in [0.1, 0.15) is 5.75 Å². The zero-order valence-electron chi connectivity index (χ0n) is 11.4. The van der Waals surface area contributed by atoms with Crippen LogP contribution in [0.1, 0.15) is 10.4 Å². The Morgan fingerprint density at radius 3 is 2.81 bits per heavy atom. The van der Waals surface area contributed by atoms with Crippen molar-refractivity contribution in [3.8, 4) is 5.75 Å². The molecule has 0 saturated carbocycles. The highest BCUT2D eigenvalue weighted by Gasteiger charge is 2.09. The van der Waals surface area contributed by atoms with Gasteiger partial charge in [-0.3, -0.25) is 4.79 Å². The molecule has 2 aromatic heterocycles. The first-order valence-electron chi connectivity index (χ1n) is 6.37. The van der Waals surface area contributed by atoms with Gasteiger partial charge in [-0.25, -0.2) is 9.97 Å². The maximum atomic E-state index is 12.1. The molecular formula is C15H13N3O2S. The van der Waals surface area contributed by atoms with Crippen LogP contribution in [0.25, 0.3) is 11.2 Å². The Morgan fingerprint density at radius 2 is 2.10 bits per heavy atom. The van der Waals surface area contributed by atoms with E-state index in [1.165, 1.54) is 11.8 Å². The van der Waals surface area contributed by atoms with E-state index in [2.05, 4.69) is 15.0 Å². The van der Waals surface area contributed by atoms with Gasteiger partial charge in [0.2, 0.25) is 0 Å². The van der Waals surface area contributed by atoms with E-state index in [1.807, 2.05) is 12.1 Å². The summed E-state index contributed by atoms with van der Waals surface area (Å²) >= 11 is 1.37. The first-order chi connectivity index (χ1) is 10.3. The Morgan fingerprint density at radius 1 is 1.29 bits per heavy atom. The van der Waals surface area contributed by atoms with Crippen LogP contribution in [0.4, 0.5) is 0 Å². The lowest BCUT2D eigenvalue weighted by atomic mass is 10.1. The SMILES string of the molecule is COc1ccc(C(=O)CSc2nc3ncccc3[nH]2)cc1. The molecule has 0 saturated heterocycles. The molecule has 0 aliphatic heterocycles. The van der Waals surface area contributed by atoms with Crippen LogP contribution in [0.15, 0.2) is 47.8 Å². The summed E-state index contributed by atoms with van der Waals surface area (Å²) in [6.45, 7) is 0. The third kappa shape index (κ3) is 3.05. The number of benzene rings is 1. The summed E-state index contributed by atoms with van der Waals surface area (Å²) in [5.41, 5.74) is 2.20. The van der Waals surface area contributed by atoms with Crippen molar-refractivity contribution in [3.63, 3.8) is 0 Å². The second kappa shape index (κ2) is 5.97. The zero-order chi connectivity index (χ0) is 14.7. The second-order valence-electron chi connectivity index (χ2n) is 4.36. The number of ether oxygens (including phenoxy) is 1. The molecule has 5 nitrogen and oxygen atoms in total. The fourth-order valence-electron chi connectivity index (χ4n) is 1.89. The molecule has 21 heavy (non-hydrogen) atoms. The van der Waals surface area contributed by atoms with E-state index in [9.17, 15) is 4.79 Å². The molecule has 3 aromatic rings. The summed E-state index contributed by atoms with van der Waals surface area (Å²) in [6.07, 6.45) is 1.69. The number of aromatic nitrogens is 3. The van der Waals surface area contributed by atoms with Gasteiger partial charge in [-0.15, -0.1) is 0 Å². The first kappa shape index (κ1) is 13.6. The van der Waals surface area contributed by atoms with Gasteiger partial charge in [-0.2, -0.15) is 0 Å². The molecule has 1 aromatic carbocycles. The monoisotopic (exact) mass is 299 g/mol. The molecule has 0 bridgehead atoms. The Kier molecular flexibility index (Phi) is 3.87. The topological polar surface area (TPSA) is 67.9 Å². The van der Waals surface area contributed by atoms with Gasteiger partial charge in [0.05, 0.1) is 18.4 Å². The van der Waals surface area contributed by atoms with Crippen molar-refractivity contribution in [2.75, 3.05) is 12.9 Å². The second-order valence-corrected chi connectivity index (χ2v) is 5.32. The standard InChI is InChI=1S/C15H13N3O2S/c1-20-11-6-4-10(5-7-11)13(19)9-21-15-17-12-3-2-8-16-14(12)18-15/h2-8H,9H2,1H3,(H,16,17,18). The predicted octanol–water partition coefficient (Wildman–Crippen LogP) is 2.94. The van der Waals surface area contributed by atoms with Gasteiger partial charge in [0.15, 0.2) is 16.6 Å². The molecule has 0 amide bonds. The number of aromatic amines is 1. The van der Waals surface area contributed by atoms with Crippen LogP contribution in [0, 0.1) is 0 Å². The van der Waals surface area contributed by atoms with Gasteiger partial charge < -0.3 is 9.72 Å². The number of hydrogen-bond donors (Lipinski definition) is 1. The molecule has 0 atom stereocenters. The molecule has 106 valence electrons. The van der Waals surface area contributed by atoms with Crippen molar-refractivity contribution < 1.29 is 9.53 Å². The van der Waals surface area contributed by atoms with Crippen LogP contribution in [0.5, 0.6) is 5.75 Å². The summed E-state index contributed by atoms with van der Waals surface area (Å²) in [4.78, 5) is 23.7. The lowest BCUT2D eigenvalue weighted by molar-refractivity contribution is 0.102. The van der Waals surface area contributed by atoms with Crippen molar-refractivity contribution in [1.29, 1.82) is 0 Å². The number of nitrogens with zero attached hydrogens (tertiary/aromatic N) is 2.